The molecule has 1 aromatic heterocycles. The topological polar surface area (TPSA) is 63.6 Å². The number of hydrogen-bond donors (Lipinski definition) is 1. The molecule has 0 amide bonds. The van der Waals surface area contributed by atoms with Crippen LogP contribution in [0.25, 0.3) is 0 Å². The highest BCUT2D eigenvalue weighted by molar-refractivity contribution is 5.96. The maximum atomic E-state index is 12.8. The summed E-state index contributed by atoms with van der Waals surface area (Å²) < 4.78 is 38.3. The molecule has 0 aliphatic rings. The molecular formula is C14H11F3N4. The summed E-state index contributed by atoms with van der Waals surface area (Å²) in [6.07, 6.45) is -1.90. The van der Waals surface area contributed by atoms with E-state index in [9.17, 15) is 13.2 Å². The minimum atomic E-state index is -4.45. The fraction of sp³-hybridized carbons (Fsp3) is 0.0714. The molecule has 2 rings (SSSR count). The fourth-order valence-electron chi connectivity index (χ4n) is 1.59. The standard InChI is InChI=1S/C14H11F3N4/c15-14(16,17)11-6-2-1-5-10(11)9-20-21-13(18)12-7-3-4-8-19-12/h1-9H,(H2,18,21)/b20-9+. The van der Waals surface area contributed by atoms with Gasteiger partial charge in [0.05, 0.1) is 11.8 Å². The number of benzene rings is 1. The third kappa shape index (κ3) is 3.88. The average Bonchev–Trinajstić information content (AvgIpc) is 2.47. The van der Waals surface area contributed by atoms with Gasteiger partial charge in [-0.2, -0.15) is 18.3 Å². The largest absolute Gasteiger partial charge is 0.417 e. The maximum absolute atomic E-state index is 12.8. The molecule has 0 aliphatic carbocycles. The van der Waals surface area contributed by atoms with Crippen LogP contribution in [0.15, 0.2) is 58.9 Å². The normalized spacial score (nSPS) is 12.8. The van der Waals surface area contributed by atoms with Gasteiger partial charge < -0.3 is 5.73 Å². The lowest BCUT2D eigenvalue weighted by molar-refractivity contribution is -0.137. The highest BCUT2D eigenvalue weighted by Gasteiger charge is 2.32. The Balaban J connectivity index is 2.23. The number of pyridine rings is 1. The van der Waals surface area contributed by atoms with Crippen molar-refractivity contribution in [2.45, 2.75) is 6.18 Å². The Bertz CT molecular complexity index is 663. The molecule has 0 saturated carbocycles. The molecule has 1 heterocycles. The number of halogens is 3. The van der Waals surface area contributed by atoms with Crippen LogP contribution in [0.1, 0.15) is 16.8 Å². The Labute approximate surface area is 118 Å². The SMILES string of the molecule is N/C(=N/N=C/c1ccccc1C(F)(F)F)c1ccccn1. The van der Waals surface area contributed by atoms with Gasteiger partial charge >= 0.3 is 6.18 Å². The zero-order valence-electron chi connectivity index (χ0n) is 10.7. The molecule has 2 N–H and O–H groups in total. The van der Waals surface area contributed by atoms with Crippen molar-refractivity contribution in [3.05, 3.63) is 65.5 Å². The van der Waals surface area contributed by atoms with E-state index < -0.39 is 11.7 Å². The van der Waals surface area contributed by atoms with E-state index in [0.29, 0.717) is 5.69 Å². The van der Waals surface area contributed by atoms with Gasteiger partial charge in [0.25, 0.3) is 0 Å². The van der Waals surface area contributed by atoms with Crippen LogP contribution < -0.4 is 5.73 Å². The molecule has 0 unspecified atom stereocenters. The zero-order chi connectivity index (χ0) is 15.3. The van der Waals surface area contributed by atoms with Crippen molar-refractivity contribution in [2.24, 2.45) is 15.9 Å². The monoisotopic (exact) mass is 292 g/mol. The molecule has 0 bridgehead atoms. The van der Waals surface area contributed by atoms with Gasteiger partial charge in [0.1, 0.15) is 5.69 Å². The molecule has 4 nitrogen and oxygen atoms in total. The second kappa shape index (κ2) is 6.17. The van der Waals surface area contributed by atoms with Crippen LogP contribution in [-0.4, -0.2) is 17.0 Å². The highest BCUT2D eigenvalue weighted by atomic mass is 19.4. The van der Waals surface area contributed by atoms with Crippen molar-refractivity contribution in [3.8, 4) is 0 Å². The van der Waals surface area contributed by atoms with E-state index in [0.717, 1.165) is 12.3 Å². The van der Waals surface area contributed by atoms with Gasteiger partial charge in [-0.1, -0.05) is 24.3 Å². The van der Waals surface area contributed by atoms with Crippen molar-refractivity contribution in [1.82, 2.24) is 4.98 Å². The molecule has 21 heavy (non-hydrogen) atoms. The quantitative estimate of drug-likeness (QED) is 0.537. The lowest BCUT2D eigenvalue weighted by Crippen LogP contribution is -2.14. The maximum Gasteiger partial charge on any atom is 0.417 e. The lowest BCUT2D eigenvalue weighted by Gasteiger charge is -2.08. The summed E-state index contributed by atoms with van der Waals surface area (Å²) >= 11 is 0. The molecule has 2 aromatic rings. The summed E-state index contributed by atoms with van der Waals surface area (Å²) in [4.78, 5) is 3.95. The van der Waals surface area contributed by atoms with Crippen LogP contribution in [-0.2, 0) is 6.18 Å². The molecule has 0 aliphatic heterocycles. The van der Waals surface area contributed by atoms with E-state index in [1.165, 1.54) is 24.4 Å². The van der Waals surface area contributed by atoms with Crippen molar-refractivity contribution >= 4 is 12.1 Å². The van der Waals surface area contributed by atoms with E-state index in [2.05, 4.69) is 15.2 Å². The Kier molecular flexibility index (Phi) is 4.32. The number of nitrogens with two attached hydrogens (primary N) is 1. The number of alkyl halides is 3. The Morgan fingerprint density at radius 3 is 2.48 bits per heavy atom. The van der Waals surface area contributed by atoms with Crippen molar-refractivity contribution < 1.29 is 13.2 Å². The lowest BCUT2D eigenvalue weighted by atomic mass is 10.1. The Hall–Kier alpha value is -2.70. The van der Waals surface area contributed by atoms with Crippen LogP contribution in [0.5, 0.6) is 0 Å². The van der Waals surface area contributed by atoms with Gasteiger partial charge in [-0.25, -0.2) is 0 Å². The van der Waals surface area contributed by atoms with Gasteiger partial charge in [0, 0.05) is 11.8 Å². The molecule has 0 fully saturated rings. The Morgan fingerprint density at radius 2 is 1.81 bits per heavy atom. The zero-order valence-corrected chi connectivity index (χ0v) is 10.7. The van der Waals surface area contributed by atoms with Gasteiger partial charge in [0.15, 0.2) is 5.84 Å². The summed E-state index contributed by atoms with van der Waals surface area (Å²) in [7, 11) is 0. The number of nitrogens with zero attached hydrogens (tertiary/aromatic N) is 3. The van der Waals surface area contributed by atoms with E-state index >= 15 is 0 Å². The van der Waals surface area contributed by atoms with Gasteiger partial charge in [-0.05, 0) is 18.2 Å². The summed E-state index contributed by atoms with van der Waals surface area (Å²) in [5.74, 6) is 0.0244. The van der Waals surface area contributed by atoms with Crippen molar-refractivity contribution in [1.29, 1.82) is 0 Å². The summed E-state index contributed by atoms with van der Waals surface area (Å²) in [5, 5.41) is 7.24. The average molecular weight is 292 g/mol. The summed E-state index contributed by atoms with van der Waals surface area (Å²) in [6.45, 7) is 0. The number of amidine groups is 1. The van der Waals surface area contributed by atoms with Crippen molar-refractivity contribution in [3.63, 3.8) is 0 Å². The summed E-state index contributed by atoms with van der Waals surface area (Å²) in [6, 6.07) is 10.1. The number of rotatable bonds is 3. The molecule has 7 heteroatoms. The Morgan fingerprint density at radius 1 is 1.10 bits per heavy atom. The molecule has 0 radical (unpaired) electrons. The molecule has 0 saturated heterocycles. The fourth-order valence-corrected chi connectivity index (χ4v) is 1.59. The first kappa shape index (κ1) is 14.7. The highest BCUT2D eigenvalue weighted by Crippen LogP contribution is 2.31. The number of hydrogen-bond acceptors (Lipinski definition) is 3. The number of aromatic nitrogens is 1. The van der Waals surface area contributed by atoms with Crippen LogP contribution >= 0.6 is 0 Å². The predicted octanol–water partition coefficient (Wildman–Crippen LogP) is 2.84. The van der Waals surface area contributed by atoms with Crippen LogP contribution in [0.3, 0.4) is 0 Å². The molecule has 1 aromatic carbocycles. The van der Waals surface area contributed by atoms with Crippen LogP contribution in [0.4, 0.5) is 13.2 Å². The van der Waals surface area contributed by atoms with Crippen molar-refractivity contribution in [2.75, 3.05) is 0 Å². The molecular weight excluding hydrogens is 281 g/mol. The first-order valence-corrected chi connectivity index (χ1v) is 5.92. The van der Waals surface area contributed by atoms with Gasteiger partial charge in [-0.3, -0.25) is 4.98 Å². The smallest absolute Gasteiger partial charge is 0.380 e. The molecule has 0 spiro atoms. The first-order chi connectivity index (χ1) is 9.98. The minimum Gasteiger partial charge on any atom is -0.380 e. The predicted molar refractivity (Wildman–Crippen MR) is 74.0 cm³/mol. The third-order valence-corrected chi connectivity index (χ3v) is 2.56. The first-order valence-electron chi connectivity index (χ1n) is 5.92. The van der Waals surface area contributed by atoms with E-state index in [-0.39, 0.29) is 11.4 Å². The van der Waals surface area contributed by atoms with E-state index in [4.69, 9.17) is 5.73 Å². The summed E-state index contributed by atoms with van der Waals surface area (Å²) in [5.41, 5.74) is 5.18. The molecule has 108 valence electrons. The van der Waals surface area contributed by atoms with Gasteiger partial charge in [0.2, 0.25) is 0 Å². The van der Waals surface area contributed by atoms with E-state index in [1.807, 2.05) is 0 Å². The second-order valence-electron chi connectivity index (χ2n) is 4.03. The second-order valence-corrected chi connectivity index (χ2v) is 4.03. The van der Waals surface area contributed by atoms with Crippen LogP contribution in [0.2, 0.25) is 0 Å². The van der Waals surface area contributed by atoms with E-state index in [1.54, 1.807) is 18.2 Å². The third-order valence-electron chi connectivity index (χ3n) is 2.56. The van der Waals surface area contributed by atoms with Gasteiger partial charge in [-0.15, -0.1) is 5.10 Å². The van der Waals surface area contributed by atoms with Crippen LogP contribution in [0, 0.1) is 0 Å². The minimum absolute atomic E-state index is 0.0244. The molecule has 0 atom stereocenters.